The maximum atomic E-state index is 12.8. The Morgan fingerprint density at radius 1 is 1.07 bits per heavy atom. The van der Waals surface area contributed by atoms with Crippen molar-refractivity contribution in [3.8, 4) is 0 Å². The van der Waals surface area contributed by atoms with E-state index in [-0.39, 0.29) is 41.7 Å². The average Bonchev–Trinajstić information content (AvgIpc) is 2.62. The molecule has 0 aliphatic rings. The maximum Gasteiger partial charge on any atom is 0.334 e. The second-order valence-electron chi connectivity index (χ2n) is 7.28. The molecule has 5 nitrogen and oxygen atoms in total. The van der Waals surface area contributed by atoms with Crippen molar-refractivity contribution in [1.82, 2.24) is 0 Å². The van der Waals surface area contributed by atoms with Gasteiger partial charge < -0.3 is 4.74 Å². The first kappa shape index (κ1) is 25.4. The zero-order valence-corrected chi connectivity index (χ0v) is 17.7. The number of rotatable bonds is 13. The van der Waals surface area contributed by atoms with E-state index >= 15 is 0 Å². The molecule has 0 heterocycles. The molecule has 0 radical (unpaired) electrons. The molecule has 0 bridgehead atoms. The quantitative estimate of drug-likeness (QED) is 0.266. The molecule has 0 spiro atoms. The van der Waals surface area contributed by atoms with Crippen LogP contribution in [-0.4, -0.2) is 30.4 Å². The van der Waals surface area contributed by atoms with Gasteiger partial charge in [0.25, 0.3) is 0 Å². The van der Waals surface area contributed by atoms with E-state index in [0.717, 1.165) is 18.1 Å². The van der Waals surface area contributed by atoms with Crippen LogP contribution in [-0.2, 0) is 23.9 Å². The Labute approximate surface area is 168 Å². The van der Waals surface area contributed by atoms with E-state index in [1.54, 1.807) is 13.0 Å². The van der Waals surface area contributed by atoms with Gasteiger partial charge in [-0.15, -0.1) is 6.58 Å². The molecule has 0 N–H and O–H groups in total. The Balaban J connectivity index is 5.50. The topological polar surface area (TPSA) is 77.5 Å². The van der Waals surface area contributed by atoms with E-state index in [2.05, 4.69) is 13.2 Å². The van der Waals surface area contributed by atoms with Gasteiger partial charge >= 0.3 is 5.97 Å². The van der Waals surface area contributed by atoms with E-state index in [4.69, 9.17) is 4.74 Å². The van der Waals surface area contributed by atoms with Crippen LogP contribution in [0.1, 0.15) is 53.4 Å². The highest BCUT2D eigenvalue weighted by Crippen LogP contribution is 2.22. The van der Waals surface area contributed by atoms with Crippen LogP contribution in [0.4, 0.5) is 0 Å². The molecule has 0 saturated heterocycles. The second-order valence-corrected chi connectivity index (χ2v) is 7.28. The number of hydrogen-bond acceptors (Lipinski definition) is 5. The van der Waals surface area contributed by atoms with Crippen LogP contribution in [0.3, 0.4) is 0 Å². The first-order valence-electron chi connectivity index (χ1n) is 9.35. The molecule has 0 saturated carbocycles. The van der Waals surface area contributed by atoms with Gasteiger partial charge in [0.2, 0.25) is 0 Å². The highest BCUT2D eigenvalue weighted by molar-refractivity contribution is 6.07. The molecular formula is C23H32O5. The maximum absolute atomic E-state index is 12.8. The monoisotopic (exact) mass is 388 g/mol. The largest absolute Gasteiger partial charge is 0.466 e. The summed E-state index contributed by atoms with van der Waals surface area (Å²) in [6.45, 7) is 14.3. The summed E-state index contributed by atoms with van der Waals surface area (Å²) in [5.41, 5.74) is 1.22. The minimum atomic E-state index is -0.729. The molecule has 0 aliphatic carbocycles. The summed E-state index contributed by atoms with van der Waals surface area (Å²) in [4.78, 5) is 49.0. The number of methoxy groups -OCH3 is 1. The summed E-state index contributed by atoms with van der Waals surface area (Å²) in [7, 11) is 1.20. The number of carbonyl (C=O) groups is 4. The van der Waals surface area contributed by atoms with Crippen molar-refractivity contribution in [3.05, 3.63) is 48.1 Å². The summed E-state index contributed by atoms with van der Waals surface area (Å²) < 4.78 is 4.72. The van der Waals surface area contributed by atoms with Crippen LogP contribution in [0.2, 0.25) is 0 Å². The van der Waals surface area contributed by atoms with Gasteiger partial charge in [-0.3, -0.25) is 14.4 Å². The van der Waals surface area contributed by atoms with Crippen molar-refractivity contribution >= 4 is 23.3 Å². The predicted octanol–water partition coefficient (Wildman–Crippen LogP) is 4.33. The normalized spacial score (nSPS) is 13.1. The van der Waals surface area contributed by atoms with Gasteiger partial charge in [-0.05, 0) is 50.3 Å². The molecule has 5 heteroatoms. The number of Topliss-reactive ketones (excluding diaryl/α,β-unsaturated/α-hetero) is 2. The third-order valence-electron chi connectivity index (χ3n) is 4.36. The standard InChI is InChI=1S/C23H32O5/c1-8-9-10-17(6)11-19(24)12-18(23(27)28-7)13-22(26)20(15(2)3)14-21(25)16(4)5/h8,11-12,15,20H,1,4,9-10,13-14H2,2-3,5-7H3/b17-11+,18-12-/t20-/m0/s1. The second kappa shape index (κ2) is 12.8. The Morgan fingerprint density at radius 2 is 1.68 bits per heavy atom. The van der Waals surface area contributed by atoms with Crippen LogP contribution >= 0.6 is 0 Å². The highest BCUT2D eigenvalue weighted by Gasteiger charge is 2.27. The molecule has 0 fully saturated rings. The number of allylic oxidation sites excluding steroid dienone is 5. The zero-order chi connectivity index (χ0) is 21.9. The molecule has 28 heavy (non-hydrogen) atoms. The molecule has 0 aromatic rings. The Morgan fingerprint density at radius 3 is 2.14 bits per heavy atom. The van der Waals surface area contributed by atoms with Crippen molar-refractivity contribution < 1.29 is 23.9 Å². The lowest BCUT2D eigenvalue weighted by Gasteiger charge is -2.19. The number of ketones is 3. The van der Waals surface area contributed by atoms with Crippen LogP contribution in [0.25, 0.3) is 0 Å². The van der Waals surface area contributed by atoms with E-state index in [0.29, 0.717) is 12.0 Å². The fourth-order valence-electron chi connectivity index (χ4n) is 2.59. The highest BCUT2D eigenvalue weighted by atomic mass is 16.5. The Hall–Kier alpha value is -2.56. The fraction of sp³-hybridized carbons (Fsp3) is 0.478. The van der Waals surface area contributed by atoms with E-state index in [1.807, 2.05) is 20.8 Å². The number of ether oxygens (including phenoxy) is 1. The molecule has 1 atom stereocenters. The molecule has 0 unspecified atom stereocenters. The molecular weight excluding hydrogens is 356 g/mol. The summed E-state index contributed by atoms with van der Waals surface area (Å²) in [6, 6.07) is 0. The first-order chi connectivity index (χ1) is 13.0. The average molecular weight is 389 g/mol. The van der Waals surface area contributed by atoms with Gasteiger partial charge in [0.15, 0.2) is 11.6 Å². The van der Waals surface area contributed by atoms with Crippen LogP contribution < -0.4 is 0 Å². The number of hydrogen-bond donors (Lipinski definition) is 0. The SMILES string of the molecule is C=CCC/C(C)=C/C(=O)/C=C(/CC(=O)[C@@H](CC(=O)C(=C)C)C(C)C)C(=O)OC. The number of esters is 1. The van der Waals surface area contributed by atoms with Gasteiger partial charge in [0, 0.05) is 24.3 Å². The molecule has 0 aromatic carbocycles. The van der Waals surface area contributed by atoms with Crippen molar-refractivity contribution in [2.24, 2.45) is 11.8 Å². The van der Waals surface area contributed by atoms with Crippen LogP contribution in [0.15, 0.2) is 48.1 Å². The van der Waals surface area contributed by atoms with E-state index < -0.39 is 11.9 Å². The van der Waals surface area contributed by atoms with Gasteiger partial charge in [0.1, 0.15) is 5.78 Å². The van der Waals surface area contributed by atoms with E-state index in [9.17, 15) is 19.2 Å². The van der Waals surface area contributed by atoms with Gasteiger partial charge in [-0.25, -0.2) is 4.79 Å². The first-order valence-corrected chi connectivity index (χ1v) is 9.35. The smallest absolute Gasteiger partial charge is 0.334 e. The van der Waals surface area contributed by atoms with Crippen LogP contribution in [0.5, 0.6) is 0 Å². The minimum Gasteiger partial charge on any atom is -0.466 e. The lowest BCUT2D eigenvalue weighted by atomic mass is 9.83. The molecule has 0 rings (SSSR count). The molecule has 0 amide bonds. The van der Waals surface area contributed by atoms with Crippen molar-refractivity contribution in [3.63, 3.8) is 0 Å². The zero-order valence-electron chi connectivity index (χ0n) is 17.7. The minimum absolute atomic E-state index is 0.0151. The third-order valence-corrected chi connectivity index (χ3v) is 4.36. The summed E-state index contributed by atoms with van der Waals surface area (Å²) in [5, 5.41) is 0. The fourth-order valence-corrected chi connectivity index (χ4v) is 2.59. The third kappa shape index (κ3) is 9.40. The van der Waals surface area contributed by atoms with Gasteiger partial charge in [-0.2, -0.15) is 0 Å². The van der Waals surface area contributed by atoms with Crippen molar-refractivity contribution in [1.29, 1.82) is 0 Å². The summed E-state index contributed by atoms with van der Waals surface area (Å²) >= 11 is 0. The lowest BCUT2D eigenvalue weighted by Crippen LogP contribution is -2.25. The summed E-state index contributed by atoms with van der Waals surface area (Å²) in [6.07, 6.45) is 5.54. The number of carbonyl (C=O) groups excluding carboxylic acids is 4. The molecule has 154 valence electrons. The lowest BCUT2D eigenvalue weighted by molar-refractivity contribution is -0.137. The Kier molecular flexibility index (Phi) is 11.6. The molecule has 0 aromatic heterocycles. The van der Waals surface area contributed by atoms with Crippen molar-refractivity contribution in [2.75, 3.05) is 7.11 Å². The molecule has 0 aliphatic heterocycles. The van der Waals surface area contributed by atoms with Crippen LogP contribution in [0, 0.1) is 11.8 Å². The predicted molar refractivity (Wildman–Crippen MR) is 111 cm³/mol. The van der Waals surface area contributed by atoms with Gasteiger partial charge in [0.05, 0.1) is 7.11 Å². The van der Waals surface area contributed by atoms with Gasteiger partial charge in [-0.1, -0.05) is 32.1 Å². The Bertz CT molecular complexity index is 692. The summed E-state index contributed by atoms with van der Waals surface area (Å²) in [5.74, 6) is -2.22. The van der Waals surface area contributed by atoms with E-state index in [1.165, 1.54) is 13.2 Å². The van der Waals surface area contributed by atoms with Crippen molar-refractivity contribution in [2.45, 2.75) is 53.4 Å².